The molecule has 2 heteroatoms. The molecule has 0 spiro atoms. The van der Waals surface area contributed by atoms with Crippen LogP contribution in [0.3, 0.4) is 0 Å². The predicted molar refractivity (Wildman–Crippen MR) is 53.8 cm³/mol. The maximum Gasteiger partial charge on any atom is 0.124 e. The Bertz CT molecular complexity index is 296. The Morgan fingerprint density at radius 1 is 1.38 bits per heavy atom. The lowest BCUT2D eigenvalue weighted by molar-refractivity contribution is 0.626. The summed E-state index contributed by atoms with van der Waals surface area (Å²) < 4.78 is 12.9. The zero-order chi connectivity index (χ0) is 9.84. The SMILES string of the molecule is Cc1cc(F)cc(/C=C/C(C)N)c1. The highest BCUT2D eigenvalue weighted by Crippen LogP contribution is 2.09. The van der Waals surface area contributed by atoms with Crippen molar-refractivity contribution in [3.05, 3.63) is 41.2 Å². The first-order valence-electron chi connectivity index (χ1n) is 4.29. The van der Waals surface area contributed by atoms with Gasteiger partial charge < -0.3 is 5.73 Å². The average Bonchev–Trinajstić information content (AvgIpc) is 1.99. The minimum absolute atomic E-state index is 0.00331. The summed E-state index contributed by atoms with van der Waals surface area (Å²) in [5.41, 5.74) is 7.31. The Morgan fingerprint density at radius 3 is 2.62 bits per heavy atom. The van der Waals surface area contributed by atoms with Gasteiger partial charge in [-0.3, -0.25) is 0 Å². The van der Waals surface area contributed by atoms with E-state index < -0.39 is 0 Å². The van der Waals surface area contributed by atoms with Crippen LogP contribution in [0.1, 0.15) is 18.1 Å². The highest BCUT2D eigenvalue weighted by Gasteiger charge is 1.94. The molecule has 1 atom stereocenters. The molecule has 1 aromatic rings. The summed E-state index contributed by atoms with van der Waals surface area (Å²) in [6, 6.07) is 4.92. The topological polar surface area (TPSA) is 26.0 Å². The fourth-order valence-corrected chi connectivity index (χ4v) is 1.12. The van der Waals surface area contributed by atoms with Gasteiger partial charge in [0.15, 0.2) is 0 Å². The first kappa shape index (κ1) is 9.93. The molecule has 70 valence electrons. The molecule has 1 rings (SSSR count). The molecule has 0 saturated heterocycles. The van der Waals surface area contributed by atoms with Crippen LogP contribution in [-0.4, -0.2) is 6.04 Å². The van der Waals surface area contributed by atoms with Gasteiger partial charge in [0.1, 0.15) is 5.82 Å². The number of rotatable bonds is 2. The van der Waals surface area contributed by atoms with Gasteiger partial charge in [0.05, 0.1) is 0 Å². The van der Waals surface area contributed by atoms with Crippen molar-refractivity contribution in [1.82, 2.24) is 0 Å². The van der Waals surface area contributed by atoms with Gasteiger partial charge in [-0.05, 0) is 37.1 Å². The first-order chi connectivity index (χ1) is 6.08. The molecule has 0 amide bonds. The fourth-order valence-electron chi connectivity index (χ4n) is 1.12. The smallest absolute Gasteiger partial charge is 0.124 e. The van der Waals surface area contributed by atoms with Gasteiger partial charge in [0.2, 0.25) is 0 Å². The summed E-state index contributed by atoms with van der Waals surface area (Å²) in [6.07, 6.45) is 3.68. The molecular formula is C11H14FN. The zero-order valence-corrected chi connectivity index (χ0v) is 7.92. The molecule has 0 aliphatic heterocycles. The Balaban J connectivity index is 2.89. The molecule has 0 saturated carbocycles. The van der Waals surface area contributed by atoms with Gasteiger partial charge in [-0.1, -0.05) is 18.2 Å². The number of nitrogens with two attached hydrogens (primary N) is 1. The molecule has 0 aromatic heterocycles. The van der Waals surface area contributed by atoms with Crippen LogP contribution in [-0.2, 0) is 0 Å². The molecule has 0 aliphatic carbocycles. The van der Waals surface area contributed by atoms with Crippen LogP contribution in [0.4, 0.5) is 4.39 Å². The van der Waals surface area contributed by atoms with Crippen molar-refractivity contribution in [3.8, 4) is 0 Å². The summed E-state index contributed by atoms with van der Waals surface area (Å²) in [5.74, 6) is -0.204. The van der Waals surface area contributed by atoms with E-state index in [1.165, 1.54) is 12.1 Å². The van der Waals surface area contributed by atoms with Gasteiger partial charge in [0.25, 0.3) is 0 Å². The monoisotopic (exact) mass is 179 g/mol. The third-order valence-corrected chi connectivity index (χ3v) is 1.66. The molecule has 2 N–H and O–H groups in total. The Kier molecular flexibility index (Phi) is 3.20. The summed E-state index contributed by atoms with van der Waals surface area (Å²) in [5, 5.41) is 0. The number of benzene rings is 1. The highest BCUT2D eigenvalue weighted by molar-refractivity contribution is 5.51. The molecule has 0 bridgehead atoms. The molecule has 1 unspecified atom stereocenters. The van der Waals surface area contributed by atoms with Crippen LogP contribution in [0.2, 0.25) is 0 Å². The normalized spacial score (nSPS) is 13.5. The number of aryl methyl sites for hydroxylation is 1. The molecule has 0 heterocycles. The van der Waals surface area contributed by atoms with Gasteiger partial charge in [0, 0.05) is 6.04 Å². The first-order valence-corrected chi connectivity index (χ1v) is 4.29. The van der Waals surface area contributed by atoms with E-state index in [1.54, 1.807) is 0 Å². The predicted octanol–water partition coefficient (Wildman–Crippen LogP) is 2.49. The van der Waals surface area contributed by atoms with E-state index in [4.69, 9.17) is 5.73 Å². The van der Waals surface area contributed by atoms with Crippen molar-refractivity contribution in [2.45, 2.75) is 19.9 Å². The van der Waals surface area contributed by atoms with E-state index in [2.05, 4.69) is 0 Å². The molecule has 1 nitrogen and oxygen atoms in total. The van der Waals surface area contributed by atoms with Gasteiger partial charge in [-0.25, -0.2) is 4.39 Å². The molecule has 0 aliphatic rings. The van der Waals surface area contributed by atoms with Gasteiger partial charge in [-0.15, -0.1) is 0 Å². The van der Waals surface area contributed by atoms with E-state index in [0.717, 1.165) is 11.1 Å². The van der Waals surface area contributed by atoms with Crippen LogP contribution in [0.25, 0.3) is 6.08 Å². The molecule has 1 aromatic carbocycles. The van der Waals surface area contributed by atoms with E-state index in [-0.39, 0.29) is 11.9 Å². The second kappa shape index (κ2) is 4.19. The maximum absolute atomic E-state index is 12.9. The molecular weight excluding hydrogens is 165 g/mol. The maximum atomic E-state index is 12.9. The van der Waals surface area contributed by atoms with Crippen LogP contribution in [0.5, 0.6) is 0 Å². The Labute approximate surface area is 78.1 Å². The van der Waals surface area contributed by atoms with E-state index >= 15 is 0 Å². The van der Waals surface area contributed by atoms with Crippen LogP contribution in [0.15, 0.2) is 24.3 Å². The number of hydrogen-bond donors (Lipinski definition) is 1. The fraction of sp³-hybridized carbons (Fsp3) is 0.273. The number of halogens is 1. The van der Waals surface area contributed by atoms with Crippen LogP contribution < -0.4 is 5.73 Å². The van der Waals surface area contributed by atoms with E-state index in [1.807, 2.05) is 32.1 Å². The van der Waals surface area contributed by atoms with Crippen molar-refractivity contribution in [2.75, 3.05) is 0 Å². The Morgan fingerprint density at radius 2 is 2.08 bits per heavy atom. The van der Waals surface area contributed by atoms with Crippen molar-refractivity contribution < 1.29 is 4.39 Å². The van der Waals surface area contributed by atoms with E-state index in [0.29, 0.717) is 0 Å². The van der Waals surface area contributed by atoms with Crippen LogP contribution >= 0.6 is 0 Å². The standard InChI is InChI=1S/C11H14FN/c1-8-5-10(4-3-9(2)13)7-11(12)6-8/h3-7,9H,13H2,1-2H3/b4-3+. The second-order valence-corrected chi connectivity index (χ2v) is 3.28. The third kappa shape index (κ3) is 3.38. The van der Waals surface area contributed by atoms with Crippen molar-refractivity contribution >= 4 is 6.08 Å². The third-order valence-electron chi connectivity index (χ3n) is 1.66. The lowest BCUT2D eigenvalue weighted by atomic mass is 10.1. The van der Waals surface area contributed by atoms with Gasteiger partial charge in [-0.2, -0.15) is 0 Å². The average molecular weight is 179 g/mol. The van der Waals surface area contributed by atoms with Crippen LogP contribution in [0, 0.1) is 12.7 Å². The largest absolute Gasteiger partial charge is 0.325 e. The summed E-state index contributed by atoms with van der Waals surface area (Å²) in [4.78, 5) is 0. The van der Waals surface area contributed by atoms with Crippen molar-refractivity contribution in [2.24, 2.45) is 5.73 Å². The zero-order valence-electron chi connectivity index (χ0n) is 7.92. The molecule has 0 fully saturated rings. The minimum Gasteiger partial charge on any atom is -0.325 e. The lowest BCUT2D eigenvalue weighted by Crippen LogP contribution is -2.09. The molecule has 13 heavy (non-hydrogen) atoms. The number of hydrogen-bond acceptors (Lipinski definition) is 1. The van der Waals surface area contributed by atoms with E-state index in [9.17, 15) is 4.39 Å². The quantitative estimate of drug-likeness (QED) is 0.741. The summed E-state index contributed by atoms with van der Waals surface area (Å²) >= 11 is 0. The van der Waals surface area contributed by atoms with Crippen molar-refractivity contribution in [1.29, 1.82) is 0 Å². The lowest BCUT2D eigenvalue weighted by Gasteiger charge is -1.98. The summed E-state index contributed by atoms with van der Waals surface area (Å²) in [6.45, 7) is 3.74. The minimum atomic E-state index is -0.204. The van der Waals surface area contributed by atoms with Gasteiger partial charge >= 0.3 is 0 Å². The summed E-state index contributed by atoms with van der Waals surface area (Å²) in [7, 11) is 0. The second-order valence-electron chi connectivity index (χ2n) is 3.28. The molecule has 0 radical (unpaired) electrons. The highest BCUT2D eigenvalue weighted by atomic mass is 19.1. The van der Waals surface area contributed by atoms with Crippen molar-refractivity contribution in [3.63, 3.8) is 0 Å². The Hall–Kier alpha value is -1.15.